The van der Waals surface area contributed by atoms with Crippen molar-refractivity contribution in [2.45, 2.75) is 99.3 Å². The standard InChI is InChI=1S/C31H36ClFN4O3S/c1-28(2)25(26(38)36-15-7-14-30(36)12-6-13-30)34-27(35-28)29-18-31(19-29,20-29)37(17-21-10-11-23(32)24(33)16-21)41(39,40)22-8-4-3-5-9-22/h3-5,8-11,16,25H,6-7,12-15,17-20H2,1-2H3,(H,34,35)/t25-,29?,31?/m0/s1. The average Bonchev–Trinajstić information content (AvgIpc) is 3.45. The third-order valence-corrected chi connectivity index (χ3v) is 12.7. The zero-order valence-electron chi connectivity index (χ0n) is 23.5. The normalized spacial score (nSPS) is 30.8. The Balaban J connectivity index is 1.13. The molecule has 10 heteroatoms. The molecule has 8 rings (SSSR count). The molecule has 6 aliphatic rings. The minimum absolute atomic E-state index is 0.00452. The second kappa shape index (κ2) is 9.01. The lowest BCUT2D eigenvalue weighted by molar-refractivity contribution is -0.151. The molecule has 2 heterocycles. The van der Waals surface area contributed by atoms with Crippen LogP contribution in [0.1, 0.15) is 70.8 Å². The molecule has 4 aliphatic carbocycles. The Morgan fingerprint density at radius 1 is 1.10 bits per heavy atom. The molecule has 1 spiro atoms. The first kappa shape index (κ1) is 27.3. The maximum Gasteiger partial charge on any atom is 0.248 e. The molecular weight excluding hydrogens is 563 g/mol. The predicted octanol–water partition coefficient (Wildman–Crippen LogP) is 5.29. The minimum Gasteiger partial charge on any atom is -0.360 e. The molecule has 0 aromatic heterocycles. The molecule has 1 amide bonds. The molecule has 7 nitrogen and oxygen atoms in total. The van der Waals surface area contributed by atoms with E-state index >= 15 is 0 Å². The summed E-state index contributed by atoms with van der Waals surface area (Å²) in [6, 6.07) is 12.4. The molecule has 41 heavy (non-hydrogen) atoms. The number of amidine groups is 1. The molecule has 5 fully saturated rings. The quantitative estimate of drug-likeness (QED) is 0.470. The van der Waals surface area contributed by atoms with Gasteiger partial charge in [-0.2, -0.15) is 4.31 Å². The second-order valence-electron chi connectivity index (χ2n) is 13.5. The number of hydrogen-bond acceptors (Lipinski definition) is 5. The van der Waals surface area contributed by atoms with E-state index in [-0.39, 0.29) is 33.3 Å². The fraction of sp³-hybridized carbons (Fsp3) is 0.548. The fourth-order valence-corrected chi connectivity index (χ4v) is 10.1. The number of nitrogens with zero attached hydrogens (tertiary/aromatic N) is 3. The molecule has 2 aromatic rings. The number of amides is 1. The van der Waals surface area contributed by atoms with Crippen LogP contribution in [0.25, 0.3) is 0 Å². The number of carbonyl (C=O) groups excluding carboxylic acids is 1. The van der Waals surface area contributed by atoms with Gasteiger partial charge in [-0.1, -0.05) is 35.9 Å². The number of rotatable bonds is 7. The summed E-state index contributed by atoms with van der Waals surface area (Å²) < 4.78 is 43.8. The zero-order chi connectivity index (χ0) is 28.8. The van der Waals surface area contributed by atoms with E-state index in [2.05, 4.69) is 10.2 Å². The van der Waals surface area contributed by atoms with E-state index in [1.165, 1.54) is 18.6 Å². The number of carbonyl (C=O) groups is 1. The van der Waals surface area contributed by atoms with E-state index in [0.29, 0.717) is 24.8 Å². The number of halogens is 2. The highest BCUT2D eigenvalue weighted by atomic mass is 35.5. The maximum absolute atomic E-state index is 14.3. The lowest BCUT2D eigenvalue weighted by atomic mass is 9.38. The molecule has 1 atom stereocenters. The van der Waals surface area contributed by atoms with Crippen molar-refractivity contribution in [2.24, 2.45) is 10.4 Å². The van der Waals surface area contributed by atoms with Crippen molar-refractivity contribution in [1.29, 1.82) is 0 Å². The molecule has 0 radical (unpaired) electrons. The number of sulfonamides is 1. The van der Waals surface area contributed by atoms with Crippen LogP contribution in [-0.2, 0) is 21.4 Å². The highest BCUT2D eigenvalue weighted by Gasteiger charge is 2.75. The molecule has 1 saturated heterocycles. The highest BCUT2D eigenvalue weighted by molar-refractivity contribution is 7.89. The number of benzene rings is 2. The molecule has 4 saturated carbocycles. The van der Waals surface area contributed by atoms with Gasteiger partial charge in [0.2, 0.25) is 15.9 Å². The van der Waals surface area contributed by atoms with Crippen LogP contribution in [0, 0.1) is 11.2 Å². The Bertz CT molecular complexity index is 1540. The summed E-state index contributed by atoms with van der Waals surface area (Å²) in [4.78, 5) is 21.2. The van der Waals surface area contributed by atoms with E-state index in [1.807, 2.05) is 13.8 Å². The Labute approximate surface area is 246 Å². The Morgan fingerprint density at radius 2 is 1.78 bits per heavy atom. The highest BCUT2D eigenvalue weighted by Crippen LogP contribution is 2.71. The molecule has 2 aliphatic heterocycles. The third-order valence-electron chi connectivity index (χ3n) is 10.5. The van der Waals surface area contributed by atoms with Gasteiger partial charge < -0.3 is 10.2 Å². The van der Waals surface area contributed by atoms with Gasteiger partial charge in [0.05, 0.1) is 15.5 Å². The van der Waals surface area contributed by atoms with Crippen molar-refractivity contribution in [1.82, 2.24) is 14.5 Å². The van der Waals surface area contributed by atoms with Crippen LogP contribution in [0.5, 0.6) is 0 Å². The summed E-state index contributed by atoms with van der Waals surface area (Å²) in [5, 5.41) is 3.55. The number of likely N-dealkylation sites (tertiary alicyclic amines) is 1. The van der Waals surface area contributed by atoms with Crippen molar-refractivity contribution in [3.8, 4) is 0 Å². The average molecular weight is 599 g/mol. The van der Waals surface area contributed by atoms with Crippen molar-refractivity contribution in [3.63, 3.8) is 0 Å². The zero-order valence-corrected chi connectivity index (χ0v) is 25.1. The van der Waals surface area contributed by atoms with Crippen LogP contribution in [0.4, 0.5) is 4.39 Å². The van der Waals surface area contributed by atoms with E-state index in [4.69, 9.17) is 16.6 Å². The van der Waals surface area contributed by atoms with E-state index in [0.717, 1.165) is 38.1 Å². The molecular formula is C31H36ClFN4O3S. The molecule has 0 unspecified atom stereocenters. The predicted molar refractivity (Wildman–Crippen MR) is 156 cm³/mol. The number of aliphatic imine (C=N–C) groups is 1. The van der Waals surface area contributed by atoms with Gasteiger partial charge in [0, 0.05) is 29.6 Å². The van der Waals surface area contributed by atoms with Gasteiger partial charge in [-0.15, -0.1) is 0 Å². The maximum atomic E-state index is 14.3. The number of hydrogen-bond donors (Lipinski definition) is 1. The molecule has 218 valence electrons. The van der Waals surface area contributed by atoms with Gasteiger partial charge in [0.1, 0.15) is 17.7 Å². The largest absolute Gasteiger partial charge is 0.360 e. The van der Waals surface area contributed by atoms with Gasteiger partial charge in [0.15, 0.2) is 0 Å². The molecule has 1 N–H and O–H groups in total. The summed E-state index contributed by atoms with van der Waals surface area (Å²) >= 11 is 5.90. The summed E-state index contributed by atoms with van der Waals surface area (Å²) in [5.41, 5.74) is -0.860. The summed E-state index contributed by atoms with van der Waals surface area (Å²) in [7, 11) is -3.86. The van der Waals surface area contributed by atoms with Crippen LogP contribution in [0.3, 0.4) is 0 Å². The van der Waals surface area contributed by atoms with Crippen molar-refractivity contribution in [2.75, 3.05) is 6.54 Å². The second-order valence-corrected chi connectivity index (χ2v) is 15.7. The van der Waals surface area contributed by atoms with Crippen molar-refractivity contribution >= 4 is 33.4 Å². The smallest absolute Gasteiger partial charge is 0.248 e. The number of nitrogens with one attached hydrogen (secondary N) is 1. The Kier molecular flexibility index (Phi) is 6.01. The SMILES string of the molecule is CC1(C)N=C(C23CC(N(Cc4ccc(Cl)c(F)c4)S(=O)(=O)c4ccccc4)(C2)C3)N[C@H]1C(=O)N1CCCC12CCC2. The van der Waals surface area contributed by atoms with Crippen LogP contribution in [0.2, 0.25) is 5.02 Å². The van der Waals surface area contributed by atoms with E-state index in [1.54, 1.807) is 40.7 Å². The van der Waals surface area contributed by atoms with E-state index in [9.17, 15) is 17.6 Å². The fourth-order valence-electron chi connectivity index (χ4n) is 8.16. The Hall–Kier alpha value is -2.49. The first-order valence-electron chi connectivity index (χ1n) is 14.6. The first-order valence-corrected chi connectivity index (χ1v) is 16.4. The van der Waals surface area contributed by atoms with Gasteiger partial charge in [-0.25, -0.2) is 12.8 Å². The first-order chi connectivity index (χ1) is 19.4. The summed E-state index contributed by atoms with van der Waals surface area (Å²) in [6.07, 6.45) is 7.35. The topological polar surface area (TPSA) is 82.1 Å². The van der Waals surface area contributed by atoms with Crippen LogP contribution in [0.15, 0.2) is 58.4 Å². The summed E-state index contributed by atoms with van der Waals surface area (Å²) in [5.74, 6) is 0.406. The van der Waals surface area contributed by atoms with Crippen LogP contribution < -0.4 is 5.32 Å². The molecule has 2 aromatic carbocycles. The van der Waals surface area contributed by atoms with E-state index < -0.39 is 33.0 Å². The minimum atomic E-state index is -3.86. The van der Waals surface area contributed by atoms with Gasteiger partial charge in [-0.3, -0.25) is 9.79 Å². The van der Waals surface area contributed by atoms with Crippen molar-refractivity contribution < 1.29 is 17.6 Å². The van der Waals surface area contributed by atoms with Crippen LogP contribution >= 0.6 is 11.6 Å². The van der Waals surface area contributed by atoms with Crippen LogP contribution in [-0.4, -0.2) is 58.6 Å². The summed E-state index contributed by atoms with van der Waals surface area (Å²) in [6.45, 7) is 4.89. The lowest BCUT2D eigenvalue weighted by Crippen LogP contribution is -2.78. The van der Waals surface area contributed by atoms with Gasteiger partial charge in [0.25, 0.3) is 0 Å². The molecule has 2 bridgehead atoms. The lowest BCUT2D eigenvalue weighted by Gasteiger charge is -2.72. The van der Waals surface area contributed by atoms with Gasteiger partial charge in [-0.05, 0) is 95.0 Å². The van der Waals surface area contributed by atoms with Crippen molar-refractivity contribution in [3.05, 3.63) is 64.9 Å². The third kappa shape index (κ3) is 4.02. The monoisotopic (exact) mass is 598 g/mol. The Morgan fingerprint density at radius 3 is 2.41 bits per heavy atom. The van der Waals surface area contributed by atoms with Gasteiger partial charge >= 0.3 is 0 Å².